The molecule has 1 unspecified atom stereocenters. The zero-order valence-electron chi connectivity index (χ0n) is 19.0. The van der Waals surface area contributed by atoms with Crippen LogP contribution < -0.4 is 5.32 Å². The van der Waals surface area contributed by atoms with E-state index in [0.29, 0.717) is 28.4 Å². The van der Waals surface area contributed by atoms with Gasteiger partial charge in [0.1, 0.15) is 16.9 Å². The summed E-state index contributed by atoms with van der Waals surface area (Å²) in [4.78, 5) is 34.0. The Balaban J connectivity index is 1.32. The average molecular weight is 483 g/mol. The number of esters is 1. The van der Waals surface area contributed by atoms with Gasteiger partial charge in [-0.1, -0.05) is 43.3 Å². The molecule has 2 heterocycles. The number of nitrogens with zero attached hydrogens (tertiary/aromatic N) is 2. The molecule has 8 heteroatoms. The number of benzene rings is 2. The van der Waals surface area contributed by atoms with Crippen molar-refractivity contribution in [1.29, 1.82) is 5.26 Å². The molecule has 0 aliphatic heterocycles. The highest BCUT2D eigenvalue weighted by molar-refractivity contribution is 7.20. The van der Waals surface area contributed by atoms with E-state index in [1.165, 1.54) is 16.9 Å². The molecule has 0 spiro atoms. The molecule has 1 atom stereocenters. The predicted octanol–water partition coefficient (Wildman–Crippen LogP) is 5.35. The van der Waals surface area contributed by atoms with E-state index >= 15 is 0 Å². The third-order valence-corrected chi connectivity index (χ3v) is 7.25. The summed E-state index contributed by atoms with van der Waals surface area (Å²) >= 11 is 1.40. The van der Waals surface area contributed by atoms with Gasteiger partial charge in [-0.05, 0) is 48.1 Å². The first-order valence-electron chi connectivity index (χ1n) is 11.3. The van der Waals surface area contributed by atoms with E-state index in [1.54, 1.807) is 43.6 Å². The van der Waals surface area contributed by atoms with Crippen LogP contribution in [0.1, 0.15) is 40.4 Å². The number of imidazole rings is 1. The maximum atomic E-state index is 13.0. The first-order valence-corrected chi connectivity index (χ1v) is 12.2. The smallest absolute Gasteiger partial charge is 0.338 e. The van der Waals surface area contributed by atoms with Gasteiger partial charge in [0.05, 0.1) is 11.1 Å². The number of nitriles is 1. The van der Waals surface area contributed by atoms with E-state index in [4.69, 9.17) is 4.74 Å². The number of aryl methyl sites for hydroxylation is 1. The van der Waals surface area contributed by atoms with Crippen molar-refractivity contribution in [1.82, 2.24) is 9.97 Å². The molecule has 0 saturated heterocycles. The zero-order chi connectivity index (χ0) is 24.4. The second-order valence-electron chi connectivity index (χ2n) is 8.19. The maximum Gasteiger partial charge on any atom is 0.338 e. The number of anilines is 1. The first-order chi connectivity index (χ1) is 17.1. The molecule has 7 nitrogen and oxygen atoms in total. The molecule has 35 heavy (non-hydrogen) atoms. The number of hydrogen-bond donors (Lipinski definition) is 2. The van der Waals surface area contributed by atoms with Crippen molar-refractivity contribution < 1.29 is 14.3 Å². The minimum atomic E-state index is -0.981. The van der Waals surface area contributed by atoms with Crippen molar-refractivity contribution in [2.24, 2.45) is 0 Å². The lowest BCUT2D eigenvalue weighted by Gasteiger charge is -2.16. The summed E-state index contributed by atoms with van der Waals surface area (Å²) in [5.74, 6) is -0.334. The van der Waals surface area contributed by atoms with E-state index < -0.39 is 18.0 Å². The Morgan fingerprint density at radius 2 is 2.00 bits per heavy atom. The number of ether oxygens (including phenoxy) is 1. The molecular weight excluding hydrogens is 460 g/mol. The molecule has 0 saturated carbocycles. The lowest BCUT2D eigenvalue weighted by molar-refractivity contribution is -0.124. The second-order valence-corrected chi connectivity index (χ2v) is 9.21. The molecule has 0 fully saturated rings. The van der Waals surface area contributed by atoms with Gasteiger partial charge in [-0.3, -0.25) is 4.79 Å². The number of amides is 1. The van der Waals surface area contributed by atoms with Gasteiger partial charge >= 0.3 is 5.97 Å². The van der Waals surface area contributed by atoms with Crippen LogP contribution in [0.4, 0.5) is 5.00 Å². The number of aromatic nitrogens is 2. The Labute approximate surface area is 206 Å². The number of carbonyl (C=O) groups excluding carboxylic acids is 2. The van der Waals surface area contributed by atoms with Crippen LogP contribution in [0.3, 0.4) is 0 Å². The summed E-state index contributed by atoms with van der Waals surface area (Å²) in [6.07, 6.45) is 4.31. The molecule has 174 valence electrons. The van der Waals surface area contributed by atoms with Crippen LogP contribution in [0, 0.1) is 11.3 Å². The minimum absolute atomic E-state index is 0.303. The van der Waals surface area contributed by atoms with Gasteiger partial charge in [0.25, 0.3) is 5.91 Å². The molecule has 1 amide bonds. The number of aromatic amines is 1. The summed E-state index contributed by atoms with van der Waals surface area (Å²) in [6.45, 7) is 1.78. The highest BCUT2D eigenvalue weighted by Gasteiger charge is 2.28. The number of carbonyl (C=O) groups is 2. The van der Waals surface area contributed by atoms with Gasteiger partial charge in [0, 0.05) is 22.8 Å². The first kappa shape index (κ1) is 22.6. The number of fused-ring (bicyclic) bond motifs is 3. The Bertz CT molecular complexity index is 1430. The lowest BCUT2D eigenvalue weighted by atomic mass is 9.90. The Kier molecular flexibility index (Phi) is 6.17. The van der Waals surface area contributed by atoms with E-state index in [-0.39, 0.29) is 0 Å². The molecule has 0 radical (unpaired) electrons. The Hall–Kier alpha value is -4.22. The van der Waals surface area contributed by atoms with Crippen LogP contribution >= 0.6 is 11.3 Å². The third-order valence-electron chi connectivity index (χ3n) is 6.07. The Morgan fingerprint density at radius 1 is 1.20 bits per heavy atom. The van der Waals surface area contributed by atoms with Crippen molar-refractivity contribution in [2.45, 2.75) is 32.3 Å². The highest BCUT2D eigenvalue weighted by atomic mass is 32.1. The molecule has 0 bridgehead atoms. The van der Waals surface area contributed by atoms with E-state index in [0.717, 1.165) is 34.4 Å². The molecule has 2 N–H and O–H groups in total. The molecule has 1 aliphatic carbocycles. The number of rotatable bonds is 6. The summed E-state index contributed by atoms with van der Waals surface area (Å²) in [6, 6.07) is 17.2. The van der Waals surface area contributed by atoms with Gasteiger partial charge in [0.2, 0.25) is 0 Å². The summed E-state index contributed by atoms with van der Waals surface area (Å²) < 4.78 is 5.53. The SMILES string of the molecule is CCC(OC(=O)c1ccc(-c2ncc[nH]2)cc1)C(=O)Nc1sc2c(c1C#N)CCc1ccccc1-2. The van der Waals surface area contributed by atoms with Crippen LogP contribution in [-0.4, -0.2) is 27.9 Å². The third kappa shape index (κ3) is 4.34. The maximum absolute atomic E-state index is 13.0. The number of nitrogens with one attached hydrogen (secondary N) is 2. The van der Waals surface area contributed by atoms with E-state index in [9.17, 15) is 14.9 Å². The molecule has 2 aromatic heterocycles. The zero-order valence-corrected chi connectivity index (χ0v) is 19.8. The minimum Gasteiger partial charge on any atom is -0.449 e. The normalized spacial score (nSPS) is 12.7. The number of thiophene rings is 1. The topological polar surface area (TPSA) is 108 Å². The van der Waals surface area contributed by atoms with Gasteiger partial charge in [-0.2, -0.15) is 5.26 Å². The van der Waals surface area contributed by atoms with Gasteiger partial charge in [-0.25, -0.2) is 9.78 Å². The number of hydrogen-bond acceptors (Lipinski definition) is 6. The van der Waals surface area contributed by atoms with Crippen LogP contribution in [-0.2, 0) is 22.4 Å². The fourth-order valence-corrected chi connectivity index (χ4v) is 5.51. The summed E-state index contributed by atoms with van der Waals surface area (Å²) in [7, 11) is 0. The van der Waals surface area contributed by atoms with Crippen LogP contribution in [0.2, 0.25) is 0 Å². The second kappa shape index (κ2) is 9.57. The van der Waals surface area contributed by atoms with Crippen LogP contribution in [0.15, 0.2) is 60.9 Å². The fourth-order valence-electron chi connectivity index (χ4n) is 4.25. The average Bonchev–Trinajstić information content (AvgIpc) is 3.55. The van der Waals surface area contributed by atoms with E-state index in [1.807, 2.05) is 18.2 Å². The fraction of sp³-hybridized carbons (Fsp3) is 0.185. The summed E-state index contributed by atoms with van der Waals surface area (Å²) in [5, 5.41) is 13.2. The molecule has 2 aromatic carbocycles. The molecule has 4 aromatic rings. The van der Waals surface area contributed by atoms with Crippen molar-refractivity contribution in [2.75, 3.05) is 5.32 Å². The standard InChI is InChI=1S/C27H22N4O3S/c1-2-22(34-27(33)18-9-7-17(8-10-18)24-29-13-14-30-24)25(32)31-26-21(15-28)20-12-11-16-5-3-4-6-19(16)23(20)35-26/h3-10,13-14,22H,2,11-12H2,1H3,(H,29,30)(H,31,32). The number of H-pyrrole nitrogens is 1. The van der Waals surface area contributed by atoms with Crippen molar-refractivity contribution in [3.8, 4) is 27.9 Å². The van der Waals surface area contributed by atoms with Gasteiger partial charge in [-0.15, -0.1) is 11.3 Å². The Morgan fingerprint density at radius 3 is 2.71 bits per heavy atom. The van der Waals surface area contributed by atoms with Gasteiger partial charge < -0.3 is 15.0 Å². The van der Waals surface area contributed by atoms with Gasteiger partial charge in [0.15, 0.2) is 6.10 Å². The van der Waals surface area contributed by atoms with Crippen molar-refractivity contribution in [3.05, 3.63) is 83.2 Å². The van der Waals surface area contributed by atoms with E-state index in [2.05, 4.69) is 27.4 Å². The monoisotopic (exact) mass is 482 g/mol. The summed E-state index contributed by atoms with van der Waals surface area (Å²) in [5.41, 5.74) is 4.97. The largest absolute Gasteiger partial charge is 0.449 e. The molecular formula is C27H22N4O3S. The van der Waals surface area contributed by atoms with Crippen LogP contribution in [0.5, 0.6) is 0 Å². The quantitative estimate of drug-likeness (QED) is 0.360. The lowest BCUT2D eigenvalue weighted by Crippen LogP contribution is -2.32. The highest BCUT2D eigenvalue weighted by Crippen LogP contribution is 2.44. The predicted molar refractivity (Wildman–Crippen MR) is 134 cm³/mol. The van der Waals surface area contributed by atoms with Crippen LogP contribution in [0.25, 0.3) is 21.8 Å². The van der Waals surface area contributed by atoms with Crippen molar-refractivity contribution >= 4 is 28.2 Å². The van der Waals surface area contributed by atoms with Crippen molar-refractivity contribution in [3.63, 3.8) is 0 Å². The molecule has 1 aliphatic rings. The molecule has 5 rings (SSSR count).